The fourth-order valence-electron chi connectivity index (χ4n) is 5.05. The van der Waals surface area contributed by atoms with Crippen LogP contribution in [0.15, 0.2) is 0 Å². The van der Waals surface area contributed by atoms with Gasteiger partial charge in [-0.2, -0.15) is 0 Å². The van der Waals surface area contributed by atoms with Crippen molar-refractivity contribution in [2.75, 3.05) is 13.1 Å². The van der Waals surface area contributed by atoms with E-state index in [-0.39, 0.29) is 17.2 Å². The van der Waals surface area contributed by atoms with E-state index in [1.165, 1.54) is 38.6 Å². The van der Waals surface area contributed by atoms with Crippen LogP contribution in [0.3, 0.4) is 0 Å². The maximum atomic E-state index is 6.53. The van der Waals surface area contributed by atoms with Crippen molar-refractivity contribution in [2.45, 2.75) is 83.1 Å². The molecule has 4 atom stereocenters. The van der Waals surface area contributed by atoms with Gasteiger partial charge in [-0.3, -0.25) is 4.90 Å². The Morgan fingerprint density at radius 3 is 2.40 bits per heavy atom. The third kappa shape index (κ3) is 2.42. The van der Waals surface area contributed by atoms with Gasteiger partial charge in [-0.15, -0.1) is 0 Å². The van der Waals surface area contributed by atoms with Crippen molar-refractivity contribution in [2.24, 2.45) is 17.6 Å². The summed E-state index contributed by atoms with van der Waals surface area (Å²) in [4.78, 5) is 2.74. The van der Waals surface area contributed by atoms with Gasteiger partial charge >= 0.3 is 0 Å². The molecule has 3 nitrogen and oxygen atoms in total. The highest BCUT2D eigenvalue weighted by molar-refractivity contribution is 5.06. The van der Waals surface area contributed by atoms with Crippen LogP contribution >= 0.6 is 0 Å². The Labute approximate surface area is 124 Å². The molecule has 3 heteroatoms. The molecule has 20 heavy (non-hydrogen) atoms. The summed E-state index contributed by atoms with van der Waals surface area (Å²) < 4.78 is 6.26. The summed E-state index contributed by atoms with van der Waals surface area (Å²) in [5.41, 5.74) is 6.23. The molecule has 0 aromatic rings. The molecule has 0 aromatic carbocycles. The van der Waals surface area contributed by atoms with Gasteiger partial charge in [0.15, 0.2) is 0 Å². The lowest BCUT2D eigenvalue weighted by Gasteiger charge is -2.36. The van der Waals surface area contributed by atoms with Crippen LogP contribution in [-0.4, -0.2) is 41.3 Å². The largest absolute Gasteiger partial charge is 0.368 e. The van der Waals surface area contributed by atoms with Gasteiger partial charge in [0.05, 0.1) is 11.2 Å². The molecule has 1 saturated carbocycles. The van der Waals surface area contributed by atoms with E-state index >= 15 is 0 Å². The van der Waals surface area contributed by atoms with Crippen molar-refractivity contribution in [3.8, 4) is 0 Å². The zero-order valence-electron chi connectivity index (χ0n) is 13.7. The lowest BCUT2D eigenvalue weighted by molar-refractivity contribution is -0.0789. The predicted molar refractivity (Wildman–Crippen MR) is 82.6 cm³/mol. The first-order valence-electron chi connectivity index (χ1n) is 8.51. The fraction of sp³-hybridized carbons (Fsp3) is 1.00. The van der Waals surface area contributed by atoms with Crippen LogP contribution < -0.4 is 5.73 Å². The number of ether oxygens (including phenoxy) is 1. The van der Waals surface area contributed by atoms with E-state index in [1.54, 1.807) is 0 Å². The molecular weight excluding hydrogens is 248 g/mol. The van der Waals surface area contributed by atoms with Gasteiger partial charge in [0, 0.05) is 24.5 Å². The molecule has 0 aromatic heterocycles. The summed E-state index contributed by atoms with van der Waals surface area (Å²) >= 11 is 0. The summed E-state index contributed by atoms with van der Waals surface area (Å²) in [7, 11) is 0. The van der Waals surface area contributed by atoms with Crippen LogP contribution in [0.25, 0.3) is 0 Å². The van der Waals surface area contributed by atoms with E-state index < -0.39 is 0 Å². The van der Waals surface area contributed by atoms with Crippen molar-refractivity contribution in [3.63, 3.8) is 0 Å². The maximum Gasteiger partial charge on any atom is 0.0788 e. The van der Waals surface area contributed by atoms with Gasteiger partial charge in [-0.05, 0) is 59.4 Å². The Morgan fingerprint density at radius 2 is 1.75 bits per heavy atom. The molecule has 1 aliphatic carbocycles. The summed E-state index contributed by atoms with van der Waals surface area (Å²) in [5.74, 6) is 1.40. The first-order valence-corrected chi connectivity index (χ1v) is 8.51. The fourth-order valence-corrected chi connectivity index (χ4v) is 5.05. The molecule has 0 spiro atoms. The minimum absolute atomic E-state index is 0.102. The topological polar surface area (TPSA) is 38.5 Å². The minimum atomic E-state index is -0.195. The van der Waals surface area contributed by atoms with Crippen LogP contribution in [0.4, 0.5) is 0 Å². The first-order chi connectivity index (χ1) is 9.31. The van der Waals surface area contributed by atoms with Crippen molar-refractivity contribution >= 4 is 0 Å². The van der Waals surface area contributed by atoms with Crippen LogP contribution in [-0.2, 0) is 4.74 Å². The highest BCUT2D eigenvalue weighted by atomic mass is 16.5. The van der Waals surface area contributed by atoms with Crippen molar-refractivity contribution in [1.29, 1.82) is 0 Å². The van der Waals surface area contributed by atoms with Gasteiger partial charge in [-0.25, -0.2) is 0 Å². The molecule has 2 saturated heterocycles. The maximum absolute atomic E-state index is 6.53. The third-order valence-corrected chi connectivity index (χ3v) is 6.21. The molecule has 4 unspecified atom stereocenters. The van der Waals surface area contributed by atoms with Crippen LogP contribution in [0.5, 0.6) is 0 Å². The number of hydrogen-bond donors (Lipinski definition) is 1. The van der Waals surface area contributed by atoms with Crippen LogP contribution in [0.1, 0.15) is 59.8 Å². The van der Waals surface area contributed by atoms with E-state index in [4.69, 9.17) is 10.5 Å². The quantitative estimate of drug-likeness (QED) is 0.845. The lowest BCUT2D eigenvalue weighted by atomic mass is 9.81. The Morgan fingerprint density at radius 1 is 1.05 bits per heavy atom. The third-order valence-electron chi connectivity index (χ3n) is 6.21. The molecule has 0 bridgehead atoms. The van der Waals surface area contributed by atoms with Gasteiger partial charge in [0.1, 0.15) is 0 Å². The Balaban J connectivity index is 1.71. The molecule has 0 radical (unpaired) electrons. The SMILES string of the molecule is CC1(C)OC(C)(C)C(CN2CCC3CCCCC32)C1N. The molecule has 2 heterocycles. The van der Waals surface area contributed by atoms with Crippen LogP contribution in [0, 0.1) is 11.8 Å². The lowest BCUT2D eigenvalue weighted by Crippen LogP contribution is -2.49. The summed E-state index contributed by atoms with van der Waals surface area (Å²) in [6.45, 7) is 11.1. The molecule has 3 fully saturated rings. The van der Waals surface area contributed by atoms with Crippen molar-refractivity contribution in [3.05, 3.63) is 0 Å². The molecule has 116 valence electrons. The van der Waals surface area contributed by atoms with Crippen molar-refractivity contribution in [1.82, 2.24) is 4.90 Å². The van der Waals surface area contributed by atoms with E-state index in [2.05, 4.69) is 32.6 Å². The van der Waals surface area contributed by atoms with E-state index in [0.717, 1.165) is 18.5 Å². The Bertz CT molecular complexity index is 366. The molecule has 2 aliphatic heterocycles. The summed E-state index contributed by atoms with van der Waals surface area (Å²) in [6, 6.07) is 0.968. The summed E-state index contributed by atoms with van der Waals surface area (Å²) in [6.07, 6.45) is 7.11. The van der Waals surface area contributed by atoms with Gasteiger partial charge < -0.3 is 10.5 Å². The van der Waals surface area contributed by atoms with E-state index in [1.807, 2.05) is 0 Å². The highest BCUT2D eigenvalue weighted by Gasteiger charge is 2.53. The van der Waals surface area contributed by atoms with Gasteiger partial charge in [-0.1, -0.05) is 12.8 Å². The van der Waals surface area contributed by atoms with Crippen molar-refractivity contribution < 1.29 is 4.74 Å². The molecule has 3 aliphatic rings. The second-order valence-corrected chi connectivity index (χ2v) is 8.34. The van der Waals surface area contributed by atoms with E-state index in [0.29, 0.717) is 5.92 Å². The van der Waals surface area contributed by atoms with Gasteiger partial charge in [0.25, 0.3) is 0 Å². The van der Waals surface area contributed by atoms with Crippen LogP contribution in [0.2, 0.25) is 0 Å². The minimum Gasteiger partial charge on any atom is -0.368 e. The van der Waals surface area contributed by atoms with E-state index in [9.17, 15) is 0 Å². The first kappa shape index (κ1) is 14.8. The second kappa shape index (κ2) is 4.96. The Hall–Kier alpha value is -0.120. The molecule has 0 amide bonds. The second-order valence-electron chi connectivity index (χ2n) is 8.34. The average molecular weight is 280 g/mol. The number of likely N-dealkylation sites (tertiary alicyclic amines) is 1. The zero-order valence-corrected chi connectivity index (χ0v) is 13.7. The summed E-state index contributed by atoms with van der Waals surface area (Å²) in [5, 5.41) is 0. The molecule has 2 N–H and O–H groups in total. The van der Waals surface area contributed by atoms with Gasteiger partial charge in [0.2, 0.25) is 0 Å². The number of fused-ring (bicyclic) bond motifs is 1. The monoisotopic (exact) mass is 280 g/mol. The normalized spacial score (nSPS) is 43.6. The molecule has 3 rings (SSSR count). The number of nitrogens with zero attached hydrogens (tertiary/aromatic N) is 1. The zero-order chi connectivity index (χ0) is 14.5. The Kier molecular flexibility index (Phi) is 3.67. The molecular formula is C17H32N2O. The number of nitrogens with two attached hydrogens (primary N) is 1. The smallest absolute Gasteiger partial charge is 0.0788 e. The predicted octanol–water partition coefficient (Wildman–Crippen LogP) is 2.78. The highest BCUT2D eigenvalue weighted by Crippen LogP contribution is 2.44. The number of rotatable bonds is 2. The average Bonchev–Trinajstić information content (AvgIpc) is 2.82. The number of hydrogen-bond acceptors (Lipinski definition) is 3. The standard InChI is InChI=1S/C17H32N2O/c1-16(2)13(15(18)17(3,4)20-16)11-19-10-9-12-7-5-6-8-14(12)19/h12-15H,5-11,18H2,1-4H3.